The minimum atomic E-state index is 0.0806. The highest BCUT2D eigenvalue weighted by atomic mass is 16.3. The normalized spacial score (nSPS) is 11.8. The highest BCUT2D eigenvalue weighted by Crippen LogP contribution is 2.30. The second-order valence-electron chi connectivity index (χ2n) is 15.0. The van der Waals surface area contributed by atoms with Crippen LogP contribution in [0.25, 0.3) is 16.9 Å². The fourth-order valence-electron chi connectivity index (χ4n) is 6.66. The van der Waals surface area contributed by atoms with Crippen LogP contribution in [0.15, 0.2) is 79.0 Å². The van der Waals surface area contributed by atoms with E-state index in [1.54, 1.807) is 16.5 Å². The molecule has 0 aliphatic heterocycles. The van der Waals surface area contributed by atoms with Crippen molar-refractivity contribution in [3.8, 4) is 22.9 Å². The van der Waals surface area contributed by atoms with Gasteiger partial charge in [0.15, 0.2) is 5.65 Å². The summed E-state index contributed by atoms with van der Waals surface area (Å²) in [4.78, 5) is 9.99. The van der Waals surface area contributed by atoms with Crippen LogP contribution in [0.3, 0.4) is 0 Å². The fourth-order valence-corrected chi connectivity index (χ4v) is 6.66. The second kappa shape index (κ2) is 17.5. The van der Waals surface area contributed by atoms with Crippen LogP contribution in [0.1, 0.15) is 138 Å². The Bertz CT molecular complexity index is 1730. The Labute approximate surface area is 294 Å². The number of phenolic OH excluding ortho intramolecular Hbond substituents is 1. The molecule has 0 bridgehead atoms. The van der Waals surface area contributed by atoms with E-state index in [4.69, 9.17) is 9.97 Å². The summed E-state index contributed by atoms with van der Waals surface area (Å²) in [5, 5.41) is 21.3. The largest absolute Gasteiger partial charge is 0.508 e. The highest BCUT2D eigenvalue weighted by molar-refractivity contribution is 5.64. The van der Waals surface area contributed by atoms with Gasteiger partial charge in [0.1, 0.15) is 11.4 Å². The summed E-state index contributed by atoms with van der Waals surface area (Å²) in [6.45, 7) is 8.94. The Kier molecular flexibility index (Phi) is 12.9. The lowest BCUT2D eigenvalue weighted by Gasteiger charge is -2.19. The number of unbranched alkanes of at least 4 members (excludes halogenated alkanes) is 11. The molecule has 5 aromatic rings. The number of hydrogen-bond donors (Lipinski definition) is 2. The van der Waals surface area contributed by atoms with Gasteiger partial charge in [0.25, 0.3) is 0 Å². The first-order chi connectivity index (χ1) is 23.7. The van der Waals surface area contributed by atoms with E-state index in [-0.39, 0.29) is 17.0 Å². The van der Waals surface area contributed by atoms with Crippen molar-refractivity contribution in [2.75, 3.05) is 0 Å². The second-order valence-corrected chi connectivity index (χ2v) is 15.0. The van der Waals surface area contributed by atoms with Gasteiger partial charge in [-0.25, -0.2) is 9.97 Å². The van der Waals surface area contributed by atoms with E-state index >= 15 is 0 Å². The van der Waals surface area contributed by atoms with Crippen LogP contribution in [0.4, 0.5) is 0 Å². The summed E-state index contributed by atoms with van der Waals surface area (Å²) in [5.41, 5.74) is 8.69. The third kappa shape index (κ3) is 10.4. The summed E-state index contributed by atoms with van der Waals surface area (Å²) < 4.78 is 1.77. The molecule has 260 valence electrons. The molecule has 0 saturated heterocycles. The van der Waals surface area contributed by atoms with Crippen LogP contribution < -0.4 is 0 Å². The number of imidazole rings is 1. The Morgan fingerprint density at radius 1 is 0.571 bits per heavy atom. The predicted octanol–water partition coefficient (Wildman–Crippen LogP) is 11.5. The van der Waals surface area contributed by atoms with Crippen LogP contribution >= 0.6 is 0 Å². The maximum absolute atomic E-state index is 11.4. The highest BCUT2D eigenvalue weighted by Gasteiger charge is 2.19. The monoisotopic (exact) mass is 659 g/mol. The number of fused-ring (bicyclic) bond motifs is 1. The van der Waals surface area contributed by atoms with Gasteiger partial charge in [-0.2, -0.15) is 0 Å². The molecule has 5 heteroatoms. The van der Waals surface area contributed by atoms with Crippen molar-refractivity contribution >= 4 is 5.65 Å². The van der Waals surface area contributed by atoms with E-state index in [2.05, 4.69) is 76.2 Å². The molecule has 0 unspecified atom stereocenters. The van der Waals surface area contributed by atoms with Crippen LogP contribution in [-0.2, 0) is 24.7 Å². The van der Waals surface area contributed by atoms with Crippen molar-refractivity contribution in [1.29, 1.82) is 0 Å². The Hall–Kier alpha value is -4.12. The Morgan fingerprint density at radius 2 is 1.08 bits per heavy atom. The maximum Gasteiger partial charge on any atom is 0.219 e. The van der Waals surface area contributed by atoms with E-state index in [1.165, 1.54) is 88.2 Å². The minimum absolute atomic E-state index is 0.0806. The molecule has 0 atom stereocenters. The zero-order valence-electron chi connectivity index (χ0n) is 30.3. The molecule has 5 rings (SSSR count). The van der Waals surface area contributed by atoms with Crippen molar-refractivity contribution in [3.63, 3.8) is 0 Å². The predicted molar refractivity (Wildman–Crippen MR) is 204 cm³/mol. The number of aryl methyl sites for hydroxylation is 1. The van der Waals surface area contributed by atoms with Crippen LogP contribution in [0.2, 0.25) is 0 Å². The number of aromatic hydroxyl groups is 2. The molecule has 0 aliphatic carbocycles. The summed E-state index contributed by atoms with van der Waals surface area (Å²) in [6, 6.07) is 24.5. The number of nitrogens with zero attached hydrogens (tertiary/aromatic N) is 3. The molecular formula is C44H57N3O2. The van der Waals surface area contributed by atoms with Gasteiger partial charge in [-0.15, -0.1) is 0 Å². The van der Waals surface area contributed by atoms with Crippen molar-refractivity contribution < 1.29 is 10.2 Å². The average Bonchev–Trinajstić information content (AvgIpc) is 3.40. The van der Waals surface area contributed by atoms with Gasteiger partial charge in [-0.1, -0.05) is 147 Å². The first-order valence-corrected chi connectivity index (χ1v) is 18.8. The van der Waals surface area contributed by atoms with Gasteiger partial charge < -0.3 is 10.2 Å². The quantitative estimate of drug-likeness (QED) is 0.0918. The Balaban J connectivity index is 1.22. The van der Waals surface area contributed by atoms with Gasteiger partial charge in [0.2, 0.25) is 5.88 Å². The zero-order valence-corrected chi connectivity index (χ0v) is 30.3. The molecule has 2 N–H and O–H groups in total. The topological polar surface area (TPSA) is 70.7 Å². The van der Waals surface area contributed by atoms with E-state index in [9.17, 15) is 10.2 Å². The van der Waals surface area contributed by atoms with Crippen LogP contribution in [-0.4, -0.2) is 24.6 Å². The van der Waals surface area contributed by atoms with Crippen LogP contribution in [0.5, 0.6) is 11.6 Å². The number of phenols is 1. The van der Waals surface area contributed by atoms with E-state index in [1.807, 2.05) is 18.3 Å². The summed E-state index contributed by atoms with van der Waals surface area (Å²) >= 11 is 0. The summed E-state index contributed by atoms with van der Waals surface area (Å²) in [7, 11) is 0. The molecule has 0 radical (unpaired) electrons. The molecule has 2 aromatic heterocycles. The minimum Gasteiger partial charge on any atom is -0.508 e. The molecule has 2 heterocycles. The standard InChI is InChI=1S/C44H57N3O2/c1-5-6-7-8-9-10-11-12-13-14-15-16-17-33-18-20-34(21-19-33)31-40-43(49)47-32-41(36-24-28-38(48)29-25-36)45-39(42(47)46-40)30-35-22-26-37(27-23-35)44(2,3)4/h18-29,32,48-49H,5-17,30-31H2,1-4H3. The van der Waals surface area contributed by atoms with Crippen molar-refractivity contribution in [1.82, 2.24) is 14.4 Å². The smallest absolute Gasteiger partial charge is 0.219 e. The molecule has 0 saturated carbocycles. The summed E-state index contributed by atoms with van der Waals surface area (Å²) in [5.74, 6) is 0.346. The van der Waals surface area contributed by atoms with E-state index in [0.717, 1.165) is 34.5 Å². The van der Waals surface area contributed by atoms with Crippen molar-refractivity contribution in [2.24, 2.45) is 0 Å². The third-order valence-electron chi connectivity index (χ3n) is 9.79. The first kappa shape index (κ1) is 36.2. The molecule has 0 fully saturated rings. The van der Waals surface area contributed by atoms with Gasteiger partial charge >= 0.3 is 0 Å². The maximum atomic E-state index is 11.4. The SMILES string of the molecule is CCCCCCCCCCCCCCc1ccc(Cc2nc3c(Cc4ccc(C(C)(C)C)cc4)nc(-c4ccc(O)cc4)cn3c2O)cc1. The molecule has 3 aromatic carbocycles. The number of benzene rings is 3. The summed E-state index contributed by atoms with van der Waals surface area (Å²) in [6.07, 6.45) is 20.5. The molecule has 0 amide bonds. The number of aromatic nitrogens is 3. The fraction of sp³-hybridized carbons (Fsp3) is 0.455. The first-order valence-electron chi connectivity index (χ1n) is 18.8. The van der Waals surface area contributed by atoms with Gasteiger partial charge in [-0.3, -0.25) is 4.40 Å². The third-order valence-corrected chi connectivity index (χ3v) is 9.79. The van der Waals surface area contributed by atoms with Gasteiger partial charge in [0, 0.05) is 24.6 Å². The van der Waals surface area contributed by atoms with Gasteiger partial charge in [0.05, 0.1) is 11.4 Å². The zero-order chi connectivity index (χ0) is 34.6. The van der Waals surface area contributed by atoms with E-state index in [0.29, 0.717) is 24.2 Å². The molecular weight excluding hydrogens is 603 g/mol. The number of rotatable bonds is 18. The molecule has 5 nitrogen and oxygen atoms in total. The van der Waals surface area contributed by atoms with Gasteiger partial charge in [-0.05, 0) is 64.8 Å². The van der Waals surface area contributed by atoms with Crippen LogP contribution in [0, 0.1) is 0 Å². The average molecular weight is 660 g/mol. The van der Waals surface area contributed by atoms with E-state index < -0.39 is 0 Å². The molecule has 0 spiro atoms. The lowest BCUT2D eigenvalue weighted by molar-refractivity contribution is 0.442. The lowest BCUT2D eigenvalue weighted by atomic mass is 9.86. The van der Waals surface area contributed by atoms with Crippen molar-refractivity contribution in [2.45, 2.75) is 129 Å². The lowest BCUT2D eigenvalue weighted by Crippen LogP contribution is -2.10. The number of hydrogen-bond acceptors (Lipinski definition) is 4. The van der Waals surface area contributed by atoms with Crippen molar-refractivity contribution in [3.05, 3.63) is 113 Å². The molecule has 49 heavy (non-hydrogen) atoms. The Morgan fingerprint density at radius 3 is 1.65 bits per heavy atom. The molecule has 0 aliphatic rings.